The highest BCUT2D eigenvalue weighted by molar-refractivity contribution is 8.14. The highest BCUT2D eigenvalue weighted by Crippen LogP contribution is 2.17. The van der Waals surface area contributed by atoms with Gasteiger partial charge in [0, 0.05) is 23.8 Å². The maximum atomic E-state index is 11.7. The summed E-state index contributed by atoms with van der Waals surface area (Å²) >= 11 is 6.68. The van der Waals surface area contributed by atoms with Crippen LogP contribution in [0.4, 0.5) is 10.5 Å². The molecular weight excluding hydrogens is 330 g/mol. The molecule has 1 fully saturated rings. The number of imide groups is 1. The van der Waals surface area contributed by atoms with Gasteiger partial charge in [-0.2, -0.15) is 0 Å². The summed E-state index contributed by atoms with van der Waals surface area (Å²) in [6.45, 7) is 0.0562. The Morgan fingerprint density at radius 1 is 1.27 bits per heavy atom. The first-order valence-electron chi connectivity index (χ1n) is 6.29. The Morgan fingerprint density at radius 2 is 2.05 bits per heavy atom. The molecule has 0 aliphatic carbocycles. The van der Waals surface area contributed by atoms with Crippen LogP contribution in [0.2, 0.25) is 5.02 Å². The lowest BCUT2D eigenvalue weighted by Gasteiger charge is -2.13. The van der Waals surface area contributed by atoms with E-state index in [1.165, 1.54) is 6.07 Å². The number of nitrogens with one attached hydrogen (secondary N) is 2. The van der Waals surface area contributed by atoms with Crippen LogP contribution in [-0.4, -0.2) is 46.7 Å². The molecule has 22 heavy (non-hydrogen) atoms. The predicted octanol–water partition coefficient (Wildman–Crippen LogP) is 1.09. The van der Waals surface area contributed by atoms with Crippen molar-refractivity contribution in [1.82, 2.24) is 10.2 Å². The van der Waals surface area contributed by atoms with Crippen molar-refractivity contribution in [1.29, 1.82) is 0 Å². The molecule has 1 aromatic carbocycles. The third kappa shape index (κ3) is 4.22. The summed E-state index contributed by atoms with van der Waals surface area (Å²) in [6.07, 6.45) is 0. The van der Waals surface area contributed by atoms with Gasteiger partial charge in [0.25, 0.3) is 5.24 Å². The van der Waals surface area contributed by atoms with Gasteiger partial charge in [0.2, 0.25) is 5.91 Å². The summed E-state index contributed by atoms with van der Waals surface area (Å²) in [4.78, 5) is 47.0. The molecule has 0 atom stereocenters. The van der Waals surface area contributed by atoms with Gasteiger partial charge in [-0.25, -0.2) is 0 Å². The molecule has 0 spiro atoms. The van der Waals surface area contributed by atoms with Crippen molar-refractivity contribution in [3.63, 3.8) is 0 Å². The molecule has 0 unspecified atom stereocenters. The fourth-order valence-electron chi connectivity index (χ4n) is 1.71. The van der Waals surface area contributed by atoms with Gasteiger partial charge in [-0.15, -0.1) is 0 Å². The van der Waals surface area contributed by atoms with Crippen LogP contribution in [0.1, 0.15) is 0 Å². The maximum absolute atomic E-state index is 11.7. The molecule has 1 aliphatic heterocycles. The average Bonchev–Trinajstić information content (AvgIpc) is 2.78. The minimum atomic E-state index is -0.855. The first kappa shape index (κ1) is 16.3. The number of hydrogen-bond acceptors (Lipinski definition) is 5. The lowest BCUT2D eigenvalue weighted by Crippen LogP contribution is -2.41. The topological polar surface area (TPSA) is 95.6 Å². The number of halogens is 1. The second-order valence-corrected chi connectivity index (χ2v) is 5.68. The minimum Gasteiger partial charge on any atom is -0.346 e. The van der Waals surface area contributed by atoms with Crippen molar-refractivity contribution in [3.05, 3.63) is 29.3 Å². The van der Waals surface area contributed by atoms with Crippen LogP contribution in [-0.2, 0) is 14.4 Å². The predicted molar refractivity (Wildman–Crippen MR) is 82.7 cm³/mol. The first-order chi connectivity index (χ1) is 10.5. The number of carbonyl (C=O) groups is 4. The van der Waals surface area contributed by atoms with Crippen molar-refractivity contribution >= 4 is 52.0 Å². The number of carbonyl (C=O) groups excluding carboxylic acids is 4. The summed E-state index contributed by atoms with van der Waals surface area (Å²) in [7, 11) is 0. The van der Waals surface area contributed by atoms with Crippen molar-refractivity contribution in [2.45, 2.75) is 0 Å². The van der Waals surface area contributed by atoms with Crippen molar-refractivity contribution in [3.8, 4) is 0 Å². The fraction of sp³-hybridized carbons (Fsp3) is 0.231. The molecule has 1 heterocycles. The molecule has 4 amide bonds. The highest BCUT2D eigenvalue weighted by atomic mass is 35.5. The van der Waals surface area contributed by atoms with E-state index in [0.29, 0.717) is 10.7 Å². The molecule has 0 bridgehead atoms. The quantitative estimate of drug-likeness (QED) is 0.799. The Balaban J connectivity index is 1.78. The summed E-state index contributed by atoms with van der Waals surface area (Å²) in [5.41, 5.74) is 0.397. The Bertz CT molecular complexity index is 621. The van der Waals surface area contributed by atoms with Gasteiger partial charge in [0.05, 0.1) is 5.75 Å². The van der Waals surface area contributed by atoms with Crippen LogP contribution in [0, 0.1) is 0 Å². The molecule has 0 saturated carbocycles. The summed E-state index contributed by atoms with van der Waals surface area (Å²) in [6, 6.07) is 6.37. The average molecular weight is 342 g/mol. The molecule has 0 radical (unpaired) electrons. The zero-order valence-corrected chi connectivity index (χ0v) is 12.9. The number of benzene rings is 1. The van der Waals surface area contributed by atoms with Crippen LogP contribution >= 0.6 is 23.4 Å². The van der Waals surface area contributed by atoms with Crippen molar-refractivity contribution < 1.29 is 19.2 Å². The van der Waals surface area contributed by atoms with E-state index in [0.717, 1.165) is 16.7 Å². The van der Waals surface area contributed by atoms with Crippen LogP contribution in [0.15, 0.2) is 24.3 Å². The summed E-state index contributed by atoms with van der Waals surface area (Å²) < 4.78 is 0. The minimum absolute atomic E-state index is 0.0137. The molecule has 2 N–H and O–H groups in total. The van der Waals surface area contributed by atoms with Crippen LogP contribution in [0.5, 0.6) is 0 Å². The van der Waals surface area contributed by atoms with Crippen molar-refractivity contribution in [2.24, 2.45) is 0 Å². The van der Waals surface area contributed by atoms with E-state index in [1.807, 2.05) is 0 Å². The zero-order valence-electron chi connectivity index (χ0n) is 11.3. The number of amides is 4. The molecule has 7 nitrogen and oxygen atoms in total. The van der Waals surface area contributed by atoms with Crippen LogP contribution < -0.4 is 10.6 Å². The van der Waals surface area contributed by atoms with E-state index in [1.54, 1.807) is 18.2 Å². The summed E-state index contributed by atoms with van der Waals surface area (Å²) in [5.74, 6) is -1.89. The van der Waals surface area contributed by atoms with Crippen LogP contribution in [0.3, 0.4) is 0 Å². The highest BCUT2D eigenvalue weighted by Gasteiger charge is 2.29. The third-order valence-corrected chi connectivity index (χ3v) is 3.84. The van der Waals surface area contributed by atoms with Gasteiger partial charge >= 0.3 is 11.8 Å². The molecule has 9 heteroatoms. The van der Waals surface area contributed by atoms with Crippen molar-refractivity contribution in [2.75, 3.05) is 24.2 Å². The lowest BCUT2D eigenvalue weighted by atomic mass is 10.3. The lowest BCUT2D eigenvalue weighted by molar-refractivity contribution is -0.136. The van der Waals surface area contributed by atoms with E-state index in [2.05, 4.69) is 10.6 Å². The van der Waals surface area contributed by atoms with E-state index < -0.39 is 11.8 Å². The van der Waals surface area contributed by atoms with Gasteiger partial charge < -0.3 is 10.6 Å². The standard InChI is InChI=1S/C13H12ClN3O4S/c14-8-2-1-3-9(6-8)16-12(20)11(19)15-4-5-17-10(18)7-22-13(17)21/h1-3,6H,4-5,7H2,(H,15,19)(H,16,20). The fourth-order valence-corrected chi connectivity index (χ4v) is 2.65. The number of rotatable bonds is 4. The Labute approximate surface area is 135 Å². The first-order valence-corrected chi connectivity index (χ1v) is 7.65. The van der Waals surface area contributed by atoms with Gasteiger partial charge in [-0.1, -0.05) is 29.4 Å². The molecule has 1 saturated heterocycles. The zero-order chi connectivity index (χ0) is 16.1. The number of thioether (sulfide) groups is 1. The van der Waals surface area contributed by atoms with E-state index in [9.17, 15) is 19.2 Å². The molecule has 1 aliphatic rings. The normalized spacial score (nSPS) is 14.1. The SMILES string of the molecule is O=C(NCCN1C(=O)CSC1=O)C(=O)Nc1cccc(Cl)c1. The third-order valence-electron chi connectivity index (χ3n) is 2.75. The van der Waals surface area contributed by atoms with Gasteiger partial charge in [-0.3, -0.25) is 24.1 Å². The monoisotopic (exact) mass is 341 g/mol. The Hall–Kier alpha value is -2.06. The van der Waals surface area contributed by atoms with Gasteiger partial charge in [0.15, 0.2) is 0 Å². The van der Waals surface area contributed by atoms with Gasteiger partial charge in [0.1, 0.15) is 0 Å². The smallest absolute Gasteiger partial charge is 0.313 e. The second kappa shape index (κ2) is 7.28. The van der Waals surface area contributed by atoms with E-state index in [-0.39, 0.29) is 30.0 Å². The number of hydrogen-bond donors (Lipinski definition) is 2. The summed E-state index contributed by atoms with van der Waals surface area (Å²) in [5, 5.41) is 4.82. The number of nitrogens with zero attached hydrogens (tertiary/aromatic N) is 1. The Morgan fingerprint density at radius 3 is 2.68 bits per heavy atom. The molecule has 2 rings (SSSR count). The maximum Gasteiger partial charge on any atom is 0.313 e. The van der Waals surface area contributed by atoms with E-state index in [4.69, 9.17) is 11.6 Å². The molecule has 0 aromatic heterocycles. The molecular formula is C13H12ClN3O4S. The Kier molecular flexibility index (Phi) is 5.40. The second-order valence-electron chi connectivity index (χ2n) is 4.32. The molecule has 116 valence electrons. The van der Waals surface area contributed by atoms with Crippen LogP contribution in [0.25, 0.3) is 0 Å². The van der Waals surface area contributed by atoms with E-state index >= 15 is 0 Å². The molecule has 1 aromatic rings. The van der Waals surface area contributed by atoms with Gasteiger partial charge in [-0.05, 0) is 18.2 Å². The largest absolute Gasteiger partial charge is 0.346 e. The number of anilines is 1.